The van der Waals surface area contributed by atoms with E-state index in [1.54, 1.807) is 0 Å². The van der Waals surface area contributed by atoms with Gasteiger partial charge in [0.15, 0.2) is 0 Å². The second-order valence-electron chi connectivity index (χ2n) is 4.31. The lowest BCUT2D eigenvalue weighted by Gasteiger charge is -2.32. The van der Waals surface area contributed by atoms with E-state index in [9.17, 15) is 4.79 Å². The van der Waals surface area contributed by atoms with Gasteiger partial charge in [0.25, 0.3) is 0 Å². The summed E-state index contributed by atoms with van der Waals surface area (Å²) in [4.78, 5) is 10.8. The molecule has 0 heterocycles. The fraction of sp³-hybridized carbons (Fsp3) is 0.727. The van der Waals surface area contributed by atoms with Gasteiger partial charge in [-0.2, -0.15) is 0 Å². The van der Waals surface area contributed by atoms with E-state index in [2.05, 4.69) is 27.0 Å². The average Bonchev–Trinajstić information content (AvgIpc) is 2.15. The van der Waals surface area contributed by atoms with E-state index in [1.807, 2.05) is 6.92 Å². The maximum atomic E-state index is 10.8. The van der Waals surface area contributed by atoms with Crippen molar-refractivity contribution in [2.45, 2.75) is 51.4 Å². The minimum atomic E-state index is -1.43. The molecule has 0 spiro atoms. The Balaban J connectivity index is 4.68. The van der Waals surface area contributed by atoms with Crippen LogP contribution in [0.3, 0.4) is 0 Å². The molecule has 0 amide bonds. The number of carboxylic acid groups (broad SMARTS) is 1. The molecule has 0 saturated heterocycles. The number of aliphatic carboxylic acids is 1. The third-order valence-corrected chi connectivity index (χ3v) is 9.17. The highest BCUT2D eigenvalue weighted by Gasteiger charge is 2.34. The lowest BCUT2D eigenvalue weighted by atomic mass is 10.2. The molecule has 2 atom stereocenters. The zero-order valence-electron chi connectivity index (χ0n) is 9.76. The molecule has 1 N–H and O–H groups in total. The van der Waals surface area contributed by atoms with Crippen molar-refractivity contribution >= 4 is 14.0 Å². The van der Waals surface area contributed by atoms with Crippen LogP contribution in [0.15, 0.2) is 12.2 Å². The van der Waals surface area contributed by atoms with Crippen molar-refractivity contribution in [2.75, 3.05) is 0 Å². The highest BCUT2D eigenvalue weighted by Crippen LogP contribution is 2.35. The second kappa shape index (κ2) is 5.34. The molecule has 0 rings (SSSR count). The van der Waals surface area contributed by atoms with Crippen molar-refractivity contribution in [2.24, 2.45) is 0 Å². The lowest BCUT2D eigenvalue weighted by molar-refractivity contribution is -0.132. The third kappa shape index (κ3) is 2.98. The topological polar surface area (TPSA) is 37.3 Å². The first-order valence-electron chi connectivity index (χ1n) is 5.31. The van der Waals surface area contributed by atoms with Crippen LogP contribution < -0.4 is 0 Å². The van der Waals surface area contributed by atoms with Gasteiger partial charge in [-0.25, -0.2) is 4.79 Å². The maximum Gasteiger partial charge on any atom is 0.330 e. The molecule has 0 aromatic heterocycles. The largest absolute Gasteiger partial charge is 0.478 e. The summed E-state index contributed by atoms with van der Waals surface area (Å²) < 4.78 is 0. The monoisotopic (exact) mass is 214 g/mol. The van der Waals surface area contributed by atoms with Gasteiger partial charge in [-0.1, -0.05) is 52.4 Å². The van der Waals surface area contributed by atoms with E-state index >= 15 is 0 Å². The van der Waals surface area contributed by atoms with Crippen LogP contribution in [0.1, 0.15) is 27.2 Å². The highest BCUT2D eigenvalue weighted by atomic mass is 28.3. The van der Waals surface area contributed by atoms with Gasteiger partial charge in [0.05, 0.1) is 8.07 Å². The van der Waals surface area contributed by atoms with Crippen LogP contribution in [-0.4, -0.2) is 19.1 Å². The Labute approximate surface area is 88.0 Å². The van der Waals surface area contributed by atoms with E-state index in [0.29, 0.717) is 5.57 Å². The minimum absolute atomic E-state index is 0.185. The summed E-state index contributed by atoms with van der Waals surface area (Å²) in [6, 6.07) is 2.32. The van der Waals surface area contributed by atoms with Gasteiger partial charge in [0, 0.05) is 5.57 Å². The third-order valence-electron chi connectivity index (χ3n) is 3.47. The number of rotatable bonds is 6. The van der Waals surface area contributed by atoms with Crippen molar-refractivity contribution in [1.29, 1.82) is 0 Å². The number of carbonyl (C=O) groups is 1. The zero-order chi connectivity index (χ0) is 11.4. The standard InChI is InChI=1S/C11H22O2Si/c1-6-8-14(5,7-2)10(4)9(3)11(12)13/h10H,3,6-8H2,1-2,4-5H3,(H,12,13). The Morgan fingerprint density at radius 2 is 2.00 bits per heavy atom. The van der Waals surface area contributed by atoms with Gasteiger partial charge in [-0.05, 0) is 5.54 Å². The molecular formula is C11H22O2Si. The van der Waals surface area contributed by atoms with E-state index in [-0.39, 0.29) is 5.54 Å². The zero-order valence-corrected chi connectivity index (χ0v) is 10.8. The first-order chi connectivity index (χ1) is 6.39. The Hall–Kier alpha value is -0.573. The SMILES string of the molecule is C=C(C(=O)O)C(C)[Si](C)(CC)CCC. The summed E-state index contributed by atoms with van der Waals surface area (Å²) in [7, 11) is -1.43. The van der Waals surface area contributed by atoms with Gasteiger partial charge in [-0.15, -0.1) is 0 Å². The van der Waals surface area contributed by atoms with Crippen molar-refractivity contribution in [3.05, 3.63) is 12.2 Å². The second-order valence-corrected chi connectivity index (χ2v) is 9.69. The van der Waals surface area contributed by atoms with Crippen LogP contribution in [0.25, 0.3) is 0 Å². The first kappa shape index (κ1) is 13.4. The fourth-order valence-electron chi connectivity index (χ4n) is 1.88. The van der Waals surface area contributed by atoms with Gasteiger partial charge in [-0.3, -0.25) is 0 Å². The van der Waals surface area contributed by atoms with Gasteiger partial charge in [0.2, 0.25) is 0 Å². The maximum absolute atomic E-state index is 10.8. The molecule has 2 nitrogen and oxygen atoms in total. The van der Waals surface area contributed by atoms with E-state index in [1.165, 1.54) is 6.04 Å². The predicted octanol–water partition coefficient (Wildman–Crippen LogP) is 3.53. The normalized spacial score (nSPS) is 17.1. The van der Waals surface area contributed by atoms with Crippen LogP contribution in [0.5, 0.6) is 0 Å². The van der Waals surface area contributed by atoms with Crippen LogP contribution >= 0.6 is 0 Å². The molecule has 14 heavy (non-hydrogen) atoms. The highest BCUT2D eigenvalue weighted by molar-refractivity contribution is 6.80. The van der Waals surface area contributed by atoms with Crippen molar-refractivity contribution < 1.29 is 9.90 Å². The summed E-state index contributed by atoms with van der Waals surface area (Å²) >= 11 is 0. The van der Waals surface area contributed by atoms with Crippen LogP contribution in [0.2, 0.25) is 24.2 Å². The summed E-state index contributed by atoms with van der Waals surface area (Å²) in [6.07, 6.45) is 1.15. The summed E-state index contributed by atoms with van der Waals surface area (Å²) in [6.45, 7) is 12.3. The Morgan fingerprint density at radius 1 is 1.50 bits per heavy atom. The minimum Gasteiger partial charge on any atom is -0.478 e. The van der Waals surface area contributed by atoms with Crippen molar-refractivity contribution in [3.63, 3.8) is 0 Å². The van der Waals surface area contributed by atoms with Crippen LogP contribution in [-0.2, 0) is 4.79 Å². The molecule has 0 aliphatic rings. The fourth-order valence-corrected chi connectivity index (χ4v) is 5.38. The smallest absolute Gasteiger partial charge is 0.330 e. The molecule has 82 valence electrons. The molecule has 0 aliphatic heterocycles. The molecule has 0 aromatic rings. The Bertz CT molecular complexity index is 225. The van der Waals surface area contributed by atoms with Crippen molar-refractivity contribution in [3.8, 4) is 0 Å². The molecule has 0 saturated carbocycles. The van der Waals surface area contributed by atoms with Gasteiger partial charge in [0.1, 0.15) is 0 Å². The van der Waals surface area contributed by atoms with Crippen LogP contribution in [0, 0.1) is 0 Å². The molecule has 2 unspecified atom stereocenters. The number of hydrogen-bond donors (Lipinski definition) is 1. The molecule has 0 aromatic carbocycles. The average molecular weight is 214 g/mol. The van der Waals surface area contributed by atoms with Gasteiger partial charge < -0.3 is 5.11 Å². The molecular weight excluding hydrogens is 192 g/mol. The summed E-state index contributed by atoms with van der Waals surface area (Å²) in [5.41, 5.74) is 0.583. The Kier molecular flexibility index (Phi) is 5.12. The molecule has 0 fully saturated rings. The van der Waals surface area contributed by atoms with Gasteiger partial charge >= 0.3 is 5.97 Å². The molecule has 0 bridgehead atoms. The quantitative estimate of drug-likeness (QED) is 0.542. The van der Waals surface area contributed by atoms with E-state index in [0.717, 1.165) is 12.5 Å². The first-order valence-corrected chi connectivity index (χ1v) is 8.30. The predicted molar refractivity (Wildman–Crippen MR) is 63.4 cm³/mol. The Morgan fingerprint density at radius 3 is 2.29 bits per heavy atom. The van der Waals surface area contributed by atoms with E-state index in [4.69, 9.17) is 5.11 Å². The summed E-state index contributed by atoms with van der Waals surface area (Å²) in [5.74, 6) is -0.833. The summed E-state index contributed by atoms with van der Waals surface area (Å²) in [5, 5.41) is 8.90. The number of hydrogen-bond acceptors (Lipinski definition) is 1. The molecule has 3 heteroatoms. The van der Waals surface area contributed by atoms with E-state index < -0.39 is 14.0 Å². The van der Waals surface area contributed by atoms with Crippen molar-refractivity contribution in [1.82, 2.24) is 0 Å². The molecule has 0 radical (unpaired) electrons. The van der Waals surface area contributed by atoms with Crippen LogP contribution in [0.4, 0.5) is 0 Å². The number of carboxylic acids is 1. The molecule has 0 aliphatic carbocycles. The lowest BCUT2D eigenvalue weighted by Crippen LogP contribution is -2.36.